The number of alkyl halides is 2. The summed E-state index contributed by atoms with van der Waals surface area (Å²) in [5.41, 5.74) is 0.610. The Labute approximate surface area is 112 Å². The molecule has 108 valence electrons. The van der Waals surface area contributed by atoms with Gasteiger partial charge in [0.15, 0.2) is 0 Å². The molecule has 1 aliphatic rings. The van der Waals surface area contributed by atoms with Gasteiger partial charge in [0, 0.05) is 25.2 Å². The highest BCUT2D eigenvalue weighted by Crippen LogP contribution is 2.30. The fourth-order valence-electron chi connectivity index (χ4n) is 1.92. The maximum atomic E-state index is 12.9. The largest absolute Gasteiger partial charge is 0.456 e. The molecule has 0 aliphatic carbocycles. The lowest BCUT2D eigenvalue weighted by molar-refractivity contribution is -0.384. The number of nitro groups is 1. The molecule has 2 rings (SSSR count). The SMILES string of the molecule is O=C1OC(CNCc2cccc([N+](=O)[O-])c2)CC1(F)F. The third-order valence-corrected chi connectivity index (χ3v) is 2.88. The van der Waals surface area contributed by atoms with Gasteiger partial charge in [0.2, 0.25) is 0 Å². The molecule has 20 heavy (non-hydrogen) atoms. The number of carbonyl (C=O) groups excluding carboxylic acids is 1. The van der Waals surface area contributed by atoms with E-state index in [1.54, 1.807) is 12.1 Å². The number of cyclic esters (lactones) is 1. The van der Waals surface area contributed by atoms with Crippen molar-refractivity contribution in [1.29, 1.82) is 0 Å². The Morgan fingerprint density at radius 3 is 2.85 bits per heavy atom. The van der Waals surface area contributed by atoms with Crippen LogP contribution >= 0.6 is 0 Å². The summed E-state index contributed by atoms with van der Waals surface area (Å²) in [7, 11) is 0. The zero-order valence-corrected chi connectivity index (χ0v) is 10.3. The van der Waals surface area contributed by atoms with Crippen molar-refractivity contribution >= 4 is 11.7 Å². The van der Waals surface area contributed by atoms with Crippen LogP contribution in [0.15, 0.2) is 24.3 Å². The number of nitro benzene ring substituents is 1. The molecule has 1 N–H and O–H groups in total. The molecule has 1 fully saturated rings. The number of rotatable bonds is 5. The molecule has 0 saturated carbocycles. The molecule has 0 bridgehead atoms. The van der Waals surface area contributed by atoms with Crippen LogP contribution in [-0.4, -0.2) is 29.5 Å². The normalized spacial score (nSPS) is 20.7. The average molecular weight is 286 g/mol. The number of halogens is 2. The molecule has 1 aromatic rings. The number of hydrogen-bond donors (Lipinski definition) is 1. The van der Waals surface area contributed by atoms with Crippen LogP contribution in [0.3, 0.4) is 0 Å². The number of esters is 1. The van der Waals surface area contributed by atoms with Gasteiger partial charge in [-0.25, -0.2) is 4.79 Å². The predicted molar refractivity (Wildman–Crippen MR) is 64.2 cm³/mol. The first-order chi connectivity index (χ1) is 9.38. The lowest BCUT2D eigenvalue weighted by atomic mass is 10.2. The molecule has 0 radical (unpaired) electrons. The van der Waals surface area contributed by atoms with E-state index in [0.717, 1.165) is 0 Å². The molecule has 1 saturated heterocycles. The minimum Gasteiger partial charge on any atom is -0.456 e. The summed E-state index contributed by atoms with van der Waals surface area (Å²) < 4.78 is 30.3. The molecular formula is C12H12F2N2O4. The van der Waals surface area contributed by atoms with E-state index < -0.39 is 29.3 Å². The van der Waals surface area contributed by atoms with Gasteiger partial charge < -0.3 is 10.1 Å². The summed E-state index contributed by atoms with van der Waals surface area (Å²) in [5.74, 6) is -4.92. The van der Waals surface area contributed by atoms with E-state index in [0.29, 0.717) is 5.56 Å². The topological polar surface area (TPSA) is 81.5 Å². The van der Waals surface area contributed by atoms with E-state index >= 15 is 0 Å². The van der Waals surface area contributed by atoms with Gasteiger partial charge in [-0.1, -0.05) is 12.1 Å². The number of ether oxygens (including phenoxy) is 1. The highest BCUT2D eigenvalue weighted by atomic mass is 19.3. The number of benzene rings is 1. The van der Waals surface area contributed by atoms with Crippen molar-refractivity contribution in [1.82, 2.24) is 5.32 Å². The van der Waals surface area contributed by atoms with E-state index in [1.807, 2.05) is 0 Å². The Morgan fingerprint density at radius 1 is 1.50 bits per heavy atom. The molecule has 1 unspecified atom stereocenters. The van der Waals surface area contributed by atoms with Crippen molar-refractivity contribution in [3.8, 4) is 0 Å². The molecule has 8 heteroatoms. The quantitative estimate of drug-likeness (QED) is 0.505. The van der Waals surface area contributed by atoms with Gasteiger partial charge >= 0.3 is 11.9 Å². The van der Waals surface area contributed by atoms with Gasteiger partial charge in [-0.05, 0) is 5.56 Å². The molecule has 0 spiro atoms. The Hall–Kier alpha value is -2.09. The molecular weight excluding hydrogens is 274 g/mol. The molecule has 1 atom stereocenters. The number of hydrogen-bond acceptors (Lipinski definition) is 5. The summed E-state index contributed by atoms with van der Waals surface area (Å²) >= 11 is 0. The summed E-state index contributed by atoms with van der Waals surface area (Å²) in [6.07, 6.45) is -1.52. The van der Waals surface area contributed by atoms with Crippen molar-refractivity contribution in [2.45, 2.75) is 25.0 Å². The maximum Gasteiger partial charge on any atom is 0.377 e. The number of non-ortho nitro benzene ring substituents is 1. The second-order valence-electron chi connectivity index (χ2n) is 4.49. The van der Waals surface area contributed by atoms with Crippen LogP contribution in [0.5, 0.6) is 0 Å². The zero-order chi connectivity index (χ0) is 14.8. The van der Waals surface area contributed by atoms with Crippen LogP contribution in [0.2, 0.25) is 0 Å². The Morgan fingerprint density at radius 2 is 2.25 bits per heavy atom. The van der Waals surface area contributed by atoms with Gasteiger partial charge in [0.1, 0.15) is 6.10 Å². The van der Waals surface area contributed by atoms with E-state index in [4.69, 9.17) is 0 Å². The first kappa shape index (κ1) is 14.3. The monoisotopic (exact) mass is 286 g/mol. The lowest BCUT2D eigenvalue weighted by Gasteiger charge is -2.09. The van der Waals surface area contributed by atoms with Gasteiger partial charge in [-0.2, -0.15) is 8.78 Å². The van der Waals surface area contributed by atoms with E-state index in [1.165, 1.54) is 12.1 Å². The molecule has 1 heterocycles. The first-order valence-electron chi connectivity index (χ1n) is 5.91. The lowest BCUT2D eigenvalue weighted by Crippen LogP contribution is -2.26. The number of nitrogens with zero attached hydrogens (tertiary/aromatic N) is 1. The minimum absolute atomic E-state index is 0.0388. The average Bonchev–Trinajstić information content (AvgIpc) is 2.63. The van der Waals surface area contributed by atoms with Crippen LogP contribution in [0, 0.1) is 10.1 Å². The number of carbonyl (C=O) groups is 1. The van der Waals surface area contributed by atoms with Crippen LogP contribution in [0.25, 0.3) is 0 Å². The summed E-state index contributed by atoms with van der Waals surface area (Å²) in [4.78, 5) is 20.9. The van der Waals surface area contributed by atoms with Crippen LogP contribution in [0.1, 0.15) is 12.0 Å². The fourth-order valence-corrected chi connectivity index (χ4v) is 1.92. The molecule has 0 amide bonds. The van der Waals surface area contributed by atoms with E-state index in [-0.39, 0.29) is 18.8 Å². The van der Waals surface area contributed by atoms with Crippen molar-refractivity contribution in [2.24, 2.45) is 0 Å². The Bertz CT molecular complexity index is 536. The van der Waals surface area contributed by atoms with E-state index in [2.05, 4.69) is 10.1 Å². The van der Waals surface area contributed by atoms with Crippen molar-refractivity contribution < 1.29 is 23.2 Å². The molecule has 1 aliphatic heterocycles. The van der Waals surface area contributed by atoms with Crippen molar-refractivity contribution in [3.05, 3.63) is 39.9 Å². The van der Waals surface area contributed by atoms with Gasteiger partial charge in [-0.3, -0.25) is 10.1 Å². The standard InChI is InChI=1S/C12H12F2N2O4/c13-12(14)5-10(20-11(12)17)7-15-6-8-2-1-3-9(4-8)16(18)19/h1-4,10,15H,5-7H2. The fraction of sp³-hybridized carbons (Fsp3) is 0.417. The van der Waals surface area contributed by atoms with E-state index in [9.17, 15) is 23.7 Å². The van der Waals surface area contributed by atoms with Gasteiger partial charge in [0.25, 0.3) is 5.69 Å². The molecule has 6 nitrogen and oxygen atoms in total. The minimum atomic E-state index is -3.42. The summed E-state index contributed by atoms with van der Waals surface area (Å²) in [6, 6.07) is 5.97. The van der Waals surface area contributed by atoms with Crippen LogP contribution in [0.4, 0.5) is 14.5 Å². The van der Waals surface area contributed by atoms with Crippen LogP contribution in [-0.2, 0) is 16.1 Å². The third kappa shape index (κ3) is 3.27. The summed E-state index contributed by atoms with van der Waals surface area (Å²) in [5, 5.41) is 13.4. The summed E-state index contributed by atoms with van der Waals surface area (Å²) in [6.45, 7) is 0.339. The second-order valence-corrected chi connectivity index (χ2v) is 4.49. The smallest absolute Gasteiger partial charge is 0.377 e. The highest BCUT2D eigenvalue weighted by Gasteiger charge is 2.50. The molecule has 1 aromatic carbocycles. The Kier molecular flexibility index (Phi) is 3.93. The third-order valence-electron chi connectivity index (χ3n) is 2.88. The highest BCUT2D eigenvalue weighted by molar-refractivity contribution is 5.79. The Balaban J connectivity index is 1.84. The van der Waals surface area contributed by atoms with Crippen molar-refractivity contribution in [2.75, 3.05) is 6.54 Å². The first-order valence-corrected chi connectivity index (χ1v) is 5.91. The number of nitrogens with one attached hydrogen (secondary N) is 1. The maximum absolute atomic E-state index is 12.9. The molecule has 0 aromatic heterocycles. The van der Waals surface area contributed by atoms with Gasteiger partial charge in [0.05, 0.1) is 11.3 Å². The second kappa shape index (κ2) is 5.49. The van der Waals surface area contributed by atoms with Crippen molar-refractivity contribution in [3.63, 3.8) is 0 Å². The predicted octanol–water partition coefficient (Wildman–Crippen LogP) is 1.64. The van der Waals surface area contributed by atoms with Gasteiger partial charge in [-0.15, -0.1) is 0 Å². The zero-order valence-electron chi connectivity index (χ0n) is 10.3. The van der Waals surface area contributed by atoms with Crippen LogP contribution < -0.4 is 5.32 Å².